The fourth-order valence-corrected chi connectivity index (χ4v) is 2.21. The number of halogens is 1. The van der Waals surface area contributed by atoms with Crippen LogP contribution >= 0.6 is 11.8 Å². The Balaban J connectivity index is 1.92. The predicted octanol–water partition coefficient (Wildman–Crippen LogP) is 2.96. The van der Waals surface area contributed by atoms with Gasteiger partial charge in [0.2, 0.25) is 5.91 Å². The van der Waals surface area contributed by atoms with Gasteiger partial charge >= 0.3 is 0 Å². The molecule has 0 fully saturated rings. The van der Waals surface area contributed by atoms with Crippen LogP contribution in [0.25, 0.3) is 0 Å². The van der Waals surface area contributed by atoms with Gasteiger partial charge in [-0.1, -0.05) is 17.8 Å². The summed E-state index contributed by atoms with van der Waals surface area (Å²) in [5, 5.41) is 3.06. The second-order valence-electron chi connectivity index (χ2n) is 4.30. The molecule has 0 bridgehead atoms. The number of aromatic nitrogens is 2. The number of thioether (sulfide) groups is 1. The molecule has 2 aromatic rings. The summed E-state index contributed by atoms with van der Waals surface area (Å²) in [6, 6.07) is 6.46. The summed E-state index contributed by atoms with van der Waals surface area (Å²) in [5.74, 6) is -0.588. The number of aryl methyl sites for hydroxylation is 2. The first kappa shape index (κ1) is 14.5. The minimum Gasteiger partial charge on any atom is -0.323 e. The molecular formula is C14H14FN3OS. The van der Waals surface area contributed by atoms with E-state index in [1.54, 1.807) is 31.3 Å². The van der Waals surface area contributed by atoms with Crippen LogP contribution in [-0.4, -0.2) is 21.6 Å². The summed E-state index contributed by atoms with van der Waals surface area (Å²) in [6.07, 6.45) is 1.64. The van der Waals surface area contributed by atoms with Crippen LogP contribution in [0, 0.1) is 19.7 Å². The lowest BCUT2D eigenvalue weighted by atomic mass is 10.2. The highest BCUT2D eigenvalue weighted by atomic mass is 32.2. The van der Waals surface area contributed by atoms with E-state index in [0.29, 0.717) is 5.16 Å². The summed E-state index contributed by atoms with van der Waals surface area (Å²) in [5.41, 5.74) is 1.84. The van der Waals surface area contributed by atoms with Gasteiger partial charge in [-0.25, -0.2) is 14.4 Å². The maximum absolute atomic E-state index is 13.6. The monoisotopic (exact) mass is 291 g/mol. The first-order chi connectivity index (χ1) is 9.54. The van der Waals surface area contributed by atoms with Gasteiger partial charge in [0, 0.05) is 11.9 Å². The van der Waals surface area contributed by atoms with Gasteiger partial charge in [0.05, 0.1) is 11.4 Å². The molecule has 1 aromatic heterocycles. The molecule has 6 heteroatoms. The lowest BCUT2D eigenvalue weighted by Gasteiger charge is -2.06. The minimum atomic E-state index is -0.435. The Morgan fingerprint density at radius 1 is 1.35 bits per heavy atom. The summed E-state index contributed by atoms with van der Waals surface area (Å²) in [7, 11) is 0. The number of hydrogen-bond donors (Lipinski definition) is 1. The van der Waals surface area contributed by atoms with Gasteiger partial charge < -0.3 is 5.32 Å². The first-order valence-corrected chi connectivity index (χ1v) is 7.01. The molecule has 0 saturated heterocycles. The Morgan fingerprint density at radius 3 is 2.85 bits per heavy atom. The number of benzene rings is 1. The Morgan fingerprint density at radius 2 is 2.15 bits per heavy atom. The average Bonchev–Trinajstić information content (AvgIpc) is 2.40. The standard InChI is InChI=1S/C14H14FN3OS/c1-9-3-4-12(11(15)7-9)18-13(19)8-20-14-16-6-5-10(2)17-14/h3-7H,8H2,1-2H3,(H,18,19). The number of nitrogens with one attached hydrogen (secondary N) is 1. The van der Waals surface area contributed by atoms with Gasteiger partial charge in [-0.2, -0.15) is 0 Å². The molecule has 20 heavy (non-hydrogen) atoms. The fourth-order valence-electron chi connectivity index (χ4n) is 1.53. The van der Waals surface area contributed by atoms with Gasteiger partial charge in [-0.15, -0.1) is 0 Å². The molecule has 4 nitrogen and oxygen atoms in total. The number of anilines is 1. The van der Waals surface area contributed by atoms with Crippen molar-refractivity contribution in [1.82, 2.24) is 9.97 Å². The van der Waals surface area contributed by atoms with Crippen molar-refractivity contribution < 1.29 is 9.18 Å². The Hall–Kier alpha value is -1.95. The molecule has 0 unspecified atom stereocenters. The number of hydrogen-bond acceptors (Lipinski definition) is 4. The van der Waals surface area contributed by atoms with Crippen LogP contribution in [0.1, 0.15) is 11.3 Å². The number of amides is 1. The van der Waals surface area contributed by atoms with Gasteiger partial charge in [-0.3, -0.25) is 4.79 Å². The third-order valence-electron chi connectivity index (χ3n) is 2.50. The lowest BCUT2D eigenvalue weighted by Crippen LogP contribution is -2.15. The van der Waals surface area contributed by atoms with Crippen molar-refractivity contribution in [2.45, 2.75) is 19.0 Å². The molecule has 1 N–H and O–H groups in total. The molecule has 0 aliphatic heterocycles. The molecule has 0 aliphatic rings. The highest BCUT2D eigenvalue weighted by molar-refractivity contribution is 7.99. The van der Waals surface area contributed by atoms with Crippen molar-refractivity contribution in [3.63, 3.8) is 0 Å². The average molecular weight is 291 g/mol. The van der Waals surface area contributed by atoms with E-state index in [0.717, 1.165) is 11.3 Å². The third-order valence-corrected chi connectivity index (χ3v) is 3.37. The summed E-state index contributed by atoms with van der Waals surface area (Å²) < 4.78 is 13.6. The van der Waals surface area contributed by atoms with Crippen LogP contribution in [0.2, 0.25) is 0 Å². The number of carbonyl (C=O) groups excluding carboxylic acids is 1. The maximum Gasteiger partial charge on any atom is 0.234 e. The highest BCUT2D eigenvalue weighted by Crippen LogP contribution is 2.17. The SMILES string of the molecule is Cc1ccc(NC(=O)CSc2nccc(C)n2)c(F)c1. The van der Waals surface area contributed by atoms with Crippen LogP contribution in [0.5, 0.6) is 0 Å². The van der Waals surface area contributed by atoms with Gasteiger partial charge in [0.15, 0.2) is 5.16 Å². The number of nitrogens with zero attached hydrogens (tertiary/aromatic N) is 2. The largest absolute Gasteiger partial charge is 0.323 e. The normalized spacial score (nSPS) is 10.3. The molecule has 1 amide bonds. The zero-order valence-electron chi connectivity index (χ0n) is 11.2. The Labute approximate surface area is 120 Å². The topological polar surface area (TPSA) is 54.9 Å². The molecular weight excluding hydrogens is 277 g/mol. The van der Waals surface area contributed by atoms with Crippen molar-refractivity contribution in [2.24, 2.45) is 0 Å². The minimum absolute atomic E-state index is 0.136. The molecule has 0 saturated carbocycles. The molecule has 1 aromatic carbocycles. The molecule has 1 heterocycles. The van der Waals surface area contributed by atoms with Crippen molar-refractivity contribution >= 4 is 23.4 Å². The second-order valence-corrected chi connectivity index (χ2v) is 5.24. The second kappa shape index (κ2) is 6.47. The Kier molecular flexibility index (Phi) is 4.68. The zero-order chi connectivity index (χ0) is 14.5. The van der Waals surface area contributed by atoms with E-state index >= 15 is 0 Å². The van der Waals surface area contributed by atoms with E-state index in [9.17, 15) is 9.18 Å². The van der Waals surface area contributed by atoms with Crippen molar-refractivity contribution in [3.8, 4) is 0 Å². The van der Waals surface area contributed by atoms with E-state index in [1.807, 2.05) is 6.92 Å². The van der Waals surface area contributed by atoms with Crippen molar-refractivity contribution in [1.29, 1.82) is 0 Å². The van der Waals surface area contributed by atoms with Crippen molar-refractivity contribution in [2.75, 3.05) is 11.1 Å². The summed E-state index contributed by atoms with van der Waals surface area (Å²) in [6.45, 7) is 3.65. The molecule has 0 aliphatic carbocycles. The van der Waals surface area contributed by atoms with Crippen LogP contribution in [0.4, 0.5) is 10.1 Å². The molecule has 2 rings (SSSR count). The highest BCUT2D eigenvalue weighted by Gasteiger charge is 2.08. The van der Waals surface area contributed by atoms with E-state index in [4.69, 9.17) is 0 Å². The Bertz CT molecular complexity index is 634. The van der Waals surface area contributed by atoms with Crippen molar-refractivity contribution in [3.05, 3.63) is 47.5 Å². The third kappa shape index (κ3) is 4.03. The van der Waals surface area contributed by atoms with Crippen LogP contribution in [0.3, 0.4) is 0 Å². The number of carbonyl (C=O) groups is 1. The van der Waals surface area contributed by atoms with Crippen LogP contribution in [-0.2, 0) is 4.79 Å². The fraction of sp³-hybridized carbons (Fsp3) is 0.214. The smallest absolute Gasteiger partial charge is 0.234 e. The molecule has 104 valence electrons. The lowest BCUT2D eigenvalue weighted by molar-refractivity contribution is -0.113. The molecule has 0 spiro atoms. The van der Waals surface area contributed by atoms with Gasteiger partial charge in [0.1, 0.15) is 5.82 Å². The van der Waals surface area contributed by atoms with Crippen LogP contribution in [0.15, 0.2) is 35.6 Å². The van der Waals surface area contributed by atoms with Gasteiger partial charge in [0.25, 0.3) is 0 Å². The van der Waals surface area contributed by atoms with E-state index in [-0.39, 0.29) is 17.3 Å². The first-order valence-electron chi connectivity index (χ1n) is 6.03. The zero-order valence-corrected chi connectivity index (χ0v) is 12.0. The van der Waals surface area contributed by atoms with Crippen LogP contribution < -0.4 is 5.32 Å². The predicted molar refractivity (Wildman–Crippen MR) is 77.3 cm³/mol. The van der Waals surface area contributed by atoms with Gasteiger partial charge in [-0.05, 0) is 37.6 Å². The summed E-state index contributed by atoms with van der Waals surface area (Å²) in [4.78, 5) is 20.0. The van der Waals surface area contributed by atoms with E-state index in [1.165, 1.54) is 17.8 Å². The quantitative estimate of drug-likeness (QED) is 0.695. The van der Waals surface area contributed by atoms with E-state index < -0.39 is 5.82 Å². The molecule has 0 radical (unpaired) electrons. The maximum atomic E-state index is 13.6. The number of rotatable bonds is 4. The molecule has 0 atom stereocenters. The summed E-state index contributed by atoms with van der Waals surface area (Å²) >= 11 is 1.21. The van der Waals surface area contributed by atoms with E-state index in [2.05, 4.69) is 15.3 Å².